The average molecular weight is 382 g/mol. The summed E-state index contributed by atoms with van der Waals surface area (Å²) >= 11 is 2.79. The summed E-state index contributed by atoms with van der Waals surface area (Å²) in [6.45, 7) is 4.13. The highest BCUT2D eigenvalue weighted by Crippen LogP contribution is 2.25. The smallest absolute Gasteiger partial charge is 0.272 e. The number of allylic oxidation sites excluding steroid dienone is 1. The fraction of sp³-hybridized carbons (Fsp3) is 0.111. The van der Waals surface area contributed by atoms with Gasteiger partial charge in [0.05, 0.1) is 11.3 Å². The fourth-order valence-electron chi connectivity index (χ4n) is 2.46. The summed E-state index contributed by atoms with van der Waals surface area (Å²) in [6.07, 6.45) is 1.69. The highest BCUT2D eigenvalue weighted by molar-refractivity contribution is 7.98. The van der Waals surface area contributed by atoms with Crippen LogP contribution in [0.4, 0.5) is 0 Å². The van der Waals surface area contributed by atoms with E-state index in [1.165, 1.54) is 23.1 Å². The molecule has 0 aliphatic carbocycles. The number of thioether (sulfide) groups is 1. The Hall–Kier alpha value is -2.71. The van der Waals surface area contributed by atoms with Crippen LogP contribution in [0.2, 0.25) is 0 Å². The molecule has 0 N–H and O–H groups in total. The molecule has 8 heteroatoms. The molecular weight excluding hydrogens is 368 g/mol. The third-order valence-corrected chi connectivity index (χ3v) is 5.51. The number of thiophene rings is 1. The zero-order valence-electron chi connectivity index (χ0n) is 13.7. The predicted molar refractivity (Wildman–Crippen MR) is 103 cm³/mol. The van der Waals surface area contributed by atoms with Crippen LogP contribution in [0.3, 0.4) is 0 Å². The Kier molecular flexibility index (Phi) is 4.68. The molecule has 4 rings (SSSR count). The minimum atomic E-state index is -0.0529. The molecule has 3 heterocycles. The van der Waals surface area contributed by atoms with E-state index < -0.39 is 0 Å². The first-order valence-electron chi connectivity index (χ1n) is 7.86. The third-order valence-electron chi connectivity index (χ3n) is 3.65. The molecule has 0 aliphatic heterocycles. The lowest BCUT2D eigenvalue weighted by Crippen LogP contribution is -2.21. The molecule has 0 saturated carbocycles. The summed E-state index contributed by atoms with van der Waals surface area (Å²) in [7, 11) is 0. The third kappa shape index (κ3) is 3.21. The van der Waals surface area contributed by atoms with Gasteiger partial charge in [0, 0.05) is 12.1 Å². The minimum absolute atomic E-state index is 0.0529. The van der Waals surface area contributed by atoms with Gasteiger partial charge in [-0.2, -0.15) is 0 Å². The van der Waals surface area contributed by atoms with Crippen molar-refractivity contribution < 1.29 is 4.42 Å². The number of fused-ring (bicyclic) bond motifs is 1. The number of aromatic nitrogens is 4. The van der Waals surface area contributed by atoms with Crippen molar-refractivity contribution in [2.45, 2.75) is 17.5 Å². The lowest BCUT2D eigenvalue weighted by molar-refractivity contribution is 0.528. The van der Waals surface area contributed by atoms with Crippen molar-refractivity contribution in [1.29, 1.82) is 0 Å². The Balaban J connectivity index is 1.60. The molecule has 0 amide bonds. The van der Waals surface area contributed by atoms with Crippen molar-refractivity contribution in [2.75, 3.05) is 0 Å². The maximum Gasteiger partial charge on any atom is 0.272 e. The van der Waals surface area contributed by atoms with Gasteiger partial charge in [-0.3, -0.25) is 9.36 Å². The zero-order chi connectivity index (χ0) is 17.9. The first-order chi connectivity index (χ1) is 12.8. The van der Waals surface area contributed by atoms with E-state index in [4.69, 9.17) is 4.42 Å². The molecule has 0 spiro atoms. The normalized spacial score (nSPS) is 11.1. The van der Waals surface area contributed by atoms with Gasteiger partial charge in [0.25, 0.3) is 5.56 Å². The first kappa shape index (κ1) is 16.7. The standard InChI is InChI=1S/C18H14N4O2S2/c1-2-9-22-17(23)15-13(8-10-25-15)19-18(22)26-11-14-20-21-16(24-14)12-6-4-3-5-7-12/h2-8,10H,1,9,11H2. The molecule has 0 aliphatic rings. The second-order valence-corrected chi connectivity index (χ2v) is 7.25. The monoisotopic (exact) mass is 382 g/mol. The summed E-state index contributed by atoms with van der Waals surface area (Å²) in [5.74, 6) is 1.39. The van der Waals surface area contributed by atoms with Gasteiger partial charge >= 0.3 is 0 Å². The van der Waals surface area contributed by atoms with Gasteiger partial charge in [0.1, 0.15) is 4.70 Å². The Labute approximate surface area is 157 Å². The molecule has 26 heavy (non-hydrogen) atoms. The van der Waals surface area contributed by atoms with Crippen LogP contribution >= 0.6 is 23.1 Å². The van der Waals surface area contributed by atoms with Gasteiger partial charge in [-0.05, 0) is 23.6 Å². The Morgan fingerprint density at radius 3 is 2.88 bits per heavy atom. The highest BCUT2D eigenvalue weighted by atomic mass is 32.2. The number of hydrogen-bond donors (Lipinski definition) is 0. The van der Waals surface area contributed by atoms with E-state index in [0.717, 1.165) is 5.56 Å². The first-order valence-corrected chi connectivity index (χ1v) is 9.72. The van der Waals surface area contributed by atoms with Crippen molar-refractivity contribution in [2.24, 2.45) is 0 Å². The van der Waals surface area contributed by atoms with E-state index in [1.54, 1.807) is 10.6 Å². The van der Waals surface area contributed by atoms with Gasteiger partial charge in [-0.1, -0.05) is 36.0 Å². The van der Waals surface area contributed by atoms with Crippen LogP contribution < -0.4 is 5.56 Å². The summed E-state index contributed by atoms with van der Waals surface area (Å²) in [5, 5.41) is 10.7. The Bertz CT molecular complexity index is 1120. The number of nitrogens with zero attached hydrogens (tertiary/aromatic N) is 4. The van der Waals surface area contributed by atoms with E-state index >= 15 is 0 Å². The largest absolute Gasteiger partial charge is 0.420 e. The van der Waals surface area contributed by atoms with E-state index in [-0.39, 0.29) is 5.56 Å². The van der Waals surface area contributed by atoms with Crippen LogP contribution in [0, 0.1) is 0 Å². The van der Waals surface area contributed by atoms with Crippen molar-refractivity contribution in [3.63, 3.8) is 0 Å². The van der Waals surface area contributed by atoms with Gasteiger partial charge < -0.3 is 4.42 Å². The summed E-state index contributed by atoms with van der Waals surface area (Å²) in [4.78, 5) is 17.2. The highest BCUT2D eigenvalue weighted by Gasteiger charge is 2.14. The maximum absolute atomic E-state index is 12.6. The summed E-state index contributed by atoms with van der Waals surface area (Å²) < 4.78 is 7.99. The molecule has 3 aromatic heterocycles. The predicted octanol–water partition coefficient (Wildman–Crippen LogP) is 3.99. The van der Waals surface area contributed by atoms with E-state index in [0.29, 0.717) is 39.5 Å². The van der Waals surface area contributed by atoms with E-state index in [2.05, 4.69) is 21.8 Å². The van der Waals surface area contributed by atoms with Crippen LogP contribution in [-0.2, 0) is 12.3 Å². The Morgan fingerprint density at radius 1 is 1.23 bits per heavy atom. The molecule has 0 bridgehead atoms. The number of hydrogen-bond acceptors (Lipinski definition) is 7. The average Bonchev–Trinajstić information content (AvgIpc) is 3.33. The van der Waals surface area contributed by atoms with Crippen LogP contribution in [0.15, 0.2) is 68.8 Å². The van der Waals surface area contributed by atoms with Gasteiger partial charge in [0.15, 0.2) is 5.16 Å². The minimum Gasteiger partial charge on any atom is -0.420 e. The van der Waals surface area contributed by atoms with Crippen LogP contribution in [0.1, 0.15) is 5.89 Å². The molecule has 4 aromatic rings. The second-order valence-electron chi connectivity index (χ2n) is 5.39. The van der Waals surface area contributed by atoms with Crippen LogP contribution in [-0.4, -0.2) is 19.7 Å². The second kappa shape index (κ2) is 7.27. The van der Waals surface area contributed by atoms with Crippen LogP contribution in [0.25, 0.3) is 21.7 Å². The SMILES string of the molecule is C=CCn1c(SCc2nnc(-c3ccccc3)o2)nc2ccsc2c1=O. The van der Waals surface area contributed by atoms with E-state index in [9.17, 15) is 4.79 Å². The zero-order valence-corrected chi connectivity index (χ0v) is 15.3. The molecule has 0 radical (unpaired) electrons. The maximum atomic E-state index is 12.6. The molecule has 0 unspecified atom stereocenters. The van der Waals surface area contributed by atoms with Gasteiger partial charge in [-0.25, -0.2) is 4.98 Å². The molecule has 0 atom stereocenters. The number of benzene rings is 1. The molecular formula is C18H14N4O2S2. The van der Waals surface area contributed by atoms with Gasteiger partial charge in [0.2, 0.25) is 11.8 Å². The lowest BCUT2D eigenvalue weighted by atomic mass is 10.2. The topological polar surface area (TPSA) is 73.8 Å². The van der Waals surface area contributed by atoms with Crippen molar-refractivity contribution >= 4 is 33.3 Å². The molecule has 130 valence electrons. The quantitative estimate of drug-likeness (QED) is 0.285. The molecule has 0 fully saturated rings. The van der Waals surface area contributed by atoms with Crippen LogP contribution in [0.5, 0.6) is 0 Å². The van der Waals surface area contributed by atoms with Crippen molar-refractivity contribution in [1.82, 2.24) is 19.7 Å². The van der Waals surface area contributed by atoms with Crippen molar-refractivity contribution in [3.05, 3.63) is 70.7 Å². The number of rotatable bonds is 6. The summed E-state index contributed by atoms with van der Waals surface area (Å²) in [6, 6.07) is 11.5. The van der Waals surface area contributed by atoms with Gasteiger partial charge in [-0.15, -0.1) is 28.1 Å². The Morgan fingerprint density at radius 2 is 2.08 bits per heavy atom. The molecule has 1 aromatic carbocycles. The summed E-state index contributed by atoms with van der Waals surface area (Å²) in [5.41, 5.74) is 1.53. The molecule has 6 nitrogen and oxygen atoms in total. The fourth-order valence-corrected chi connectivity index (χ4v) is 4.08. The molecule has 0 saturated heterocycles. The van der Waals surface area contributed by atoms with Crippen molar-refractivity contribution in [3.8, 4) is 11.5 Å². The van der Waals surface area contributed by atoms with E-state index in [1.807, 2.05) is 41.8 Å². The lowest BCUT2D eigenvalue weighted by Gasteiger charge is -2.08.